The molecule has 0 saturated carbocycles. The summed E-state index contributed by atoms with van der Waals surface area (Å²) in [4.78, 5) is 26.6. The molecule has 1 aliphatic heterocycles. The van der Waals surface area contributed by atoms with Crippen molar-refractivity contribution in [2.45, 2.75) is 6.54 Å². The van der Waals surface area contributed by atoms with Gasteiger partial charge in [0.05, 0.1) is 37.9 Å². The van der Waals surface area contributed by atoms with Gasteiger partial charge in [0.15, 0.2) is 11.5 Å². The van der Waals surface area contributed by atoms with E-state index >= 15 is 0 Å². The van der Waals surface area contributed by atoms with Crippen LogP contribution in [-0.4, -0.2) is 59.2 Å². The zero-order valence-corrected chi connectivity index (χ0v) is 13.4. The third kappa shape index (κ3) is 4.03. The Kier molecular flexibility index (Phi) is 5.29. The molecule has 0 radical (unpaired) electrons. The molecule has 1 fully saturated rings. The molecule has 8 nitrogen and oxygen atoms in total. The largest absolute Gasteiger partial charge is 0.464 e. The zero-order chi connectivity index (χ0) is 16.8. The van der Waals surface area contributed by atoms with Crippen LogP contribution >= 0.6 is 0 Å². The summed E-state index contributed by atoms with van der Waals surface area (Å²) in [7, 11) is 1.31. The Labute approximate surface area is 139 Å². The molecule has 0 amide bonds. The monoisotopic (exact) mass is 329 g/mol. The fourth-order valence-corrected chi connectivity index (χ4v) is 2.39. The van der Waals surface area contributed by atoms with Crippen LogP contribution in [0.2, 0.25) is 0 Å². The van der Waals surface area contributed by atoms with Crippen molar-refractivity contribution < 1.29 is 14.3 Å². The number of rotatable bonds is 5. The molecule has 126 valence electrons. The number of hydrogen-bond donors (Lipinski definition) is 1. The van der Waals surface area contributed by atoms with Gasteiger partial charge in [-0.1, -0.05) is 0 Å². The first-order valence-electron chi connectivity index (χ1n) is 7.67. The minimum absolute atomic E-state index is 0.136. The molecule has 0 aromatic carbocycles. The van der Waals surface area contributed by atoms with Crippen molar-refractivity contribution in [1.82, 2.24) is 19.9 Å². The van der Waals surface area contributed by atoms with E-state index in [2.05, 4.69) is 25.2 Å². The van der Waals surface area contributed by atoms with Gasteiger partial charge in [0.2, 0.25) is 0 Å². The Balaban J connectivity index is 1.67. The van der Waals surface area contributed by atoms with Crippen molar-refractivity contribution in [3.05, 3.63) is 42.1 Å². The van der Waals surface area contributed by atoms with E-state index < -0.39 is 5.97 Å². The highest BCUT2D eigenvalue weighted by molar-refractivity contribution is 5.93. The minimum atomic E-state index is -0.539. The Morgan fingerprint density at radius 2 is 2.04 bits per heavy atom. The van der Waals surface area contributed by atoms with Gasteiger partial charge in [0.25, 0.3) is 0 Å². The topological polar surface area (TPSA) is 89.5 Å². The number of anilines is 2. The number of methoxy groups -OCH3 is 1. The highest BCUT2D eigenvalue weighted by atomic mass is 16.5. The number of hydrogen-bond acceptors (Lipinski definition) is 8. The van der Waals surface area contributed by atoms with Crippen LogP contribution in [0.5, 0.6) is 0 Å². The number of aromatic nitrogens is 3. The molecule has 2 aromatic heterocycles. The number of carbonyl (C=O) groups is 1. The molecule has 3 rings (SSSR count). The number of nitrogens with one attached hydrogen (secondary N) is 1. The third-order valence-corrected chi connectivity index (χ3v) is 3.65. The molecule has 0 unspecified atom stereocenters. The highest BCUT2D eigenvalue weighted by Crippen LogP contribution is 2.17. The lowest BCUT2D eigenvalue weighted by atomic mass is 10.3. The Hall–Kier alpha value is -2.58. The van der Waals surface area contributed by atoms with Crippen molar-refractivity contribution in [2.24, 2.45) is 0 Å². The Bertz CT molecular complexity index is 686. The maximum Gasteiger partial charge on any atom is 0.360 e. The standard InChI is InChI=1S/C16H19N5O3/c1-23-16(22)14-15(18-5-4-17-14)20-12-2-3-13(19-10-12)11-21-6-8-24-9-7-21/h2-5,10H,6-9,11H2,1H3,(H,18,20). The second-order valence-corrected chi connectivity index (χ2v) is 5.30. The second-order valence-electron chi connectivity index (χ2n) is 5.30. The molecule has 3 heterocycles. The maximum absolute atomic E-state index is 11.7. The van der Waals surface area contributed by atoms with Crippen LogP contribution in [0, 0.1) is 0 Å². The summed E-state index contributed by atoms with van der Waals surface area (Å²) >= 11 is 0. The Morgan fingerprint density at radius 3 is 2.75 bits per heavy atom. The molecule has 0 spiro atoms. The van der Waals surface area contributed by atoms with Crippen LogP contribution in [0.3, 0.4) is 0 Å². The highest BCUT2D eigenvalue weighted by Gasteiger charge is 2.15. The molecule has 8 heteroatoms. The first-order valence-corrected chi connectivity index (χ1v) is 7.67. The summed E-state index contributed by atoms with van der Waals surface area (Å²) < 4.78 is 10.0. The maximum atomic E-state index is 11.7. The third-order valence-electron chi connectivity index (χ3n) is 3.65. The predicted molar refractivity (Wildman–Crippen MR) is 87.0 cm³/mol. The molecule has 1 aliphatic rings. The molecular formula is C16H19N5O3. The van der Waals surface area contributed by atoms with Gasteiger partial charge in [-0.2, -0.15) is 0 Å². The van der Waals surface area contributed by atoms with Crippen LogP contribution < -0.4 is 5.32 Å². The number of morpholine rings is 1. The molecule has 0 aliphatic carbocycles. The van der Waals surface area contributed by atoms with E-state index in [1.54, 1.807) is 6.20 Å². The van der Waals surface area contributed by atoms with Gasteiger partial charge < -0.3 is 14.8 Å². The summed E-state index contributed by atoms with van der Waals surface area (Å²) in [6, 6.07) is 3.85. The van der Waals surface area contributed by atoms with Crippen molar-refractivity contribution in [3.8, 4) is 0 Å². The summed E-state index contributed by atoms with van der Waals surface area (Å²) in [5, 5.41) is 3.05. The smallest absolute Gasteiger partial charge is 0.360 e. The van der Waals surface area contributed by atoms with Crippen LogP contribution in [0.1, 0.15) is 16.2 Å². The SMILES string of the molecule is COC(=O)c1nccnc1Nc1ccc(CN2CCOCC2)nc1. The fraction of sp³-hybridized carbons (Fsp3) is 0.375. The van der Waals surface area contributed by atoms with E-state index in [9.17, 15) is 4.79 Å². The fourth-order valence-electron chi connectivity index (χ4n) is 2.39. The number of nitrogens with zero attached hydrogens (tertiary/aromatic N) is 4. The summed E-state index contributed by atoms with van der Waals surface area (Å²) in [5.74, 6) is -0.199. The van der Waals surface area contributed by atoms with Crippen LogP contribution in [0.15, 0.2) is 30.7 Å². The summed E-state index contributed by atoms with van der Waals surface area (Å²) in [6.07, 6.45) is 4.67. The van der Waals surface area contributed by atoms with Gasteiger partial charge in [-0.25, -0.2) is 14.8 Å². The number of carbonyl (C=O) groups excluding carboxylic acids is 1. The lowest BCUT2D eigenvalue weighted by molar-refractivity contribution is 0.0336. The van der Waals surface area contributed by atoms with E-state index in [0.717, 1.165) is 44.2 Å². The van der Waals surface area contributed by atoms with E-state index in [1.807, 2.05) is 12.1 Å². The van der Waals surface area contributed by atoms with Crippen molar-refractivity contribution >= 4 is 17.5 Å². The van der Waals surface area contributed by atoms with E-state index in [1.165, 1.54) is 19.5 Å². The number of esters is 1. The van der Waals surface area contributed by atoms with Gasteiger partial charge >= 0.3 is 5.97 Å². The first-order chi connectivity index (χ1) is 11.8. The Morgan fingerprint density at radius 1 is 1.25 bits per heavy atom. The average molecular weight is 329 g/mol. The van der Waals surface area contributed by atoms with Gasteiger partial charge in [0.1, 0.15) is 0 Å². The van der Waals surface area contributed by atoms with Crippen LogP contribution in [-0.2, 0) is 16.0 Å². The van der Waals surface area contributed by atoms with Crippen LogP contribution in [0.25, 0.3) is 0 Å². The molecule has 0 bridgehead atoms. The molecule has 1 saturated heterocycles. The second kappa shape index (κ2) is 7.80. The lowest BCUT2D eigenvalue weighted by Gasteiger charge is -2.26. The van der Waals surface area contributed by atoms with Crippen LogP contribution in [0.4, 0.5) is 11.5 Å². The van der Waals surface area contributed by atoms with Crippen molar-refractivity contribution in [3.63, 3.8) is 0 Å². The number of ether oxygens (including phenoxy) is 2. The van der Waals surface area contributed by atoms with Crippen molar-refractivity contribution in [1.29, 1.82) is 0 Å². The predicted octanol–water partition coefficient (Wildman–Crippen LogP) is 1.23. The quantitative estimate of drug-likeness (QED) is 0.820. The van der Waals surface area contributed by atoms with Crippen molar-refractivity contribution in [2.75, 3.05) is 38.7 Å². The van der Waals surface area contributed by atoms with Gasteiger partial charge in [-0.05, 0) is 12.1 Å². The molecule has 0 atom stereocenters. The number of pyridine rings is 1. The molecule has 1 N–H and O–H groups in total. The zero-order valence-electron chi connectivity index (χ0n) is 13.4. The first kappa shape index (κ1) is 16.3. The summed E-state index contributed by atoms with van der Waals surface area (Å²) in [6.45, 7) is 4.17. The molecule has 2 aromatic rings. The molecular weight excluding hydrogens is 310 g/mol. The minimum Gasteiger partial charge on any atom is -0.464 e. The van der Waals surface area contributed by atoms with E-state index in [-0.39, 0.29) is 5.69 Å². The normalized spacial score (nSPS) is 15.0. The van der Waals surface area contributed by atoms with Gasteiger partial charge in [-0.15, -0.1) is 0 Å². The lowest BCUT2D eigenvalue weighted by Crippen LogP contribution is -2.35. The van der Waals surface area contributed by atoms with E-state index in [4.69, 9.17) is 9.47 Å². The van der Waals surface area contributed by atoms with Gasteiger partial charge in [0, 0.05) is 32.0 Å². The average Bonchev–Trinajstić information content (AvgIpc) is 2.64. The van der Waals surface area contributed by atoms with E-state index in [0.29, 0.717) is 5.82 Å². The summed E-state index contributed by atoms with van der Waals surface area (Å²) in [5.41, 5.74) is 1.85. The molecule has 24 heavy (non-hydrogen) atoms. The van der Waals surface area contributed by atoms with Gasteiger partial charge in [-0.3, -0.25) is 9.88 Å².